The van der Waals surface area contributed by atoms with E-state index in [9.17, 15) is 14.7 Å². The number of benzene rings is 2. The molecule has 0 saturated carbocycles. The summed E-state index contributed by atoms with van der Waals surface area (Å²) in [4.78, 5) is 23.5. The van der Waals surface area contributed by atoms with Gasteiger partial charge in [-0.1, -0.05) is 49.4 Å². The number of carboxylic acids is 1. The summed E-state index contributed by atoms with van der Waals surface area (Å²) in [6.45, 7) is 2.16. The Balaban J connectivity index is 1.95. The van der Waals surface area contributed by atoms with Gasteiger partial charge in [0, 0.05) is 12.1 Å². The van der Waals surface area contributed by atoms with Crippen molar-refractivity contribution in [1.82, 2.24) is 5.32 Å². The van der Waals surface area contributed by atoms with Gasteiger partial charge in [0.05, 0.1) is 5.92 Å². The maximum absolute atomic E-state index is 12.1. The molecule has 0 fully saturated rings. The number of hydrogen-bond acceptors (Lipinski definition) is 2. The molecule has 0 heterocycles. The summed E-state index contributed by atoms with van der Waals surface area (Å²) in [6, 6.07) is 16.8. The van der Waals surface area contributed by atoms with Crippen molar-refractivity contribution in [2.24, 2.45) is 5.92 Å². The van der Waals surface area contributed by atoms with Crippen LogP contribution in [-0.2, 0) is 17.6 Å². The van der Waals surface area contributed by atoms with Crippen molar-refractivity contribution in [1.29, 1.82) is 0 Å². The van der Waals surface area contributed by atoms with Gasteiger partial charge in [0.2, 0.25) is 0 Å². The van der Waals surface area contributed by atoms with Crippen LogP contribution in [0.5, 0.6) is 0 Å². The number of aliphatic carboxylic acids is 1. The first-order valence-corrected chi connectivity index (χ1v) is 7.74. The number of nitrogens with one attached hydrogen (secondary N) is 1. The second-order valence-corrected chi connectivity index (χ2v) is 5.49. The molecule has 4 nitrogen and oxygen atoms in total. The second-order valence-electron chi connectivity index (χ2n) is 5.49. The fourth-order valence-corrected chi connectivity index (χ4v) is 2.36. The molecule has 0 aliphatic rings. The van der Waals surface area contributed by atoms with Crippen molar-refractivity contribution < 1.29 is 14.7 Å². The first kappa shape index (κ1) is 16.7. The van der Waals surface area contributed by atoms with Gasteiger partial charge >= 0.3 is 5.97 Å². The van der Waals surface area contributed by atoms with Gasteiger partial charge in [0.1, 0.15) is 0 Å². The number of rotatable bonds is 7. The first-order valence-electron chi connectivity index (χ1n) is 7.74. The van der Waals surface area contributed by atoms with E-state index in [1.807, 2.05) is 42.5 Å². The van der Waals surface area contributed by atoms with Crippen LogP contribution in [0.2, 0.25) is 0 Å². The van der Waals surface area contributed by atoms with E-state index in [0.29, 0.717) is 12.0 Å². The molecule has 0 aliphatic carbocycles. The molecule has 2 rings (SSSR count). The molecule has 2 aromatic carbocycles. The molecule has 23 heavy (non-hydrogen) atoms. The van der Waals surface area contributed by atoms with E-state index in [-0.39, 0.29) is 12.5 Å². The van der Waals surface area contributed by atoms with Crippen LogP contribution in [0, 0.1) is 5.92 Å². The van der Waals surface area contributed by atoms with Gasteiger partial charge in [0.25, 0.3) is 5.91 Å². The zero-order chi connectivity index (χ0) is 16.7. The number of aryl methyl sites for hydroxylation is 1. The number of hydrogen-bond donors (Lipinski definition) is 2. The average Bonchev–Trinajstić information content (AvgIpc) is 2.59. The highest BCUT2D eigenvalue weighted by Crippen LogP contribution is 2.09. The van der Waals surface area contributed by atoms with Crippen LogP contribution in [0.1, 0.15) is 28.4 Å². The lowest BCUT2D eigenvalue weighted by Crippen LogP contribution is -2.34. The number of carbonyl (C=O) groups excluding carboxylic acids is 1. The molecule has 4 heteroatoms. The van der Waals surface area contributed by atoms with E-state index in [1.54, 1.807) is 12.1 Å². The highest BCUT2D eigenvalue weighted by molar-refractivity contribution is 5.94. The van der Waals surface area contributed by atoms with Crippen LogP contribution >= 0.6 is 0 Å². The highest BCUT2D eigenvalue weighted by Gasteiger charge is 2.19. The molecule has 1 unspecified atom stereocenters. The summed E-state index contributed by atoms with van der Waals surface area (Å²) >= 11 is 0. The van der Waals surface area contributed by atoms with Crippen LogP contribution < -0.4 is 5.32 Å². The lowest BCUT2D eigenvalue weighted by molar-refractivity contribution is -0.141. The Morgan fingerprint density at radius 3 is 2.22 bits per heavy atom. The fourth-order valence-electron chi connectivity index (χ4n) is 2.36. The van der Waals surface area contributed by atoms with Crippen LogP contribution in [-0.4, -0.2) is 23.5 Å². The van der Waals surface area contributed by atoms with Gasteiger partial charge in [0.15, 0.2) is 0 Å². The molecule has 0 saturated heterocycles. The maximum atomic E-state index is 12.1. The smallest absolute Gasteiger partial charge is 0.308 e. The number of amides is 1. The van der Waals surface area contributed by atoms with Gasteiger partial charge in [-0.05, 0) is 36.1 Å². The molecule has 0 spiro atoms. The molecular formula is C19H21NO3. The monoisotopic (exact) mass is 311 g/mol. The predicted octanol–water partition coefficient (Wildman–Crippen LogP) is 2.92. The zero-order valence-corrected chi connectivity index (χ0v) is 13.2. The van der Waals surface area contributed by atoms with Crippen LogP contribution in [0.15, 0.2) is 54.6 Å². The van der Waals surface area contributed by atoms with Gasteiger partial charge in [-0.25, -0.2) is 0 Å². The lowest BCUT2D eigenvalue weighted by atomic mass is 9.99. The quantitative estimate of drug-likeness (QED) is 0.826. The predicted molar refractivity (Wildman–Crippen MR) is 89.4 cm³/mol. The molecule has 0 radical (unpaired) electrons. The summed E-state index contributed by atoms with van der Waals surface area (Å²) in [5.74, 6) is -1.79. The Labute approximate surface area is 136 Å². The molecule has 1 amide bonds. The summed E-state index contributed by atoms with van der Waals surface area (Å²) in [5.41, 5.74) is 2.65. The Hall–Kier alpha value is -2.62. The number of carbonyl (C=O) groups is 2. The van der Waals surface area contributed by atoms with Crippen molar-refractivity contribution in [2.75, 3.05) is 6.54 Å². The minimum Gasteiger partial charge on any atom is -0.481 e. The lowest BCUT2D eigenvalue weighted by Gasteiger charge is -2.13. The second kappa shape index (κ2) is 8.13. The van der Waals surface area contributed by atoms with Crippen molar-refractivity contribution in [3.63, 3.8) is 0 Å². The summed E-state index contributed by atoms with van der Waals surface area (Å²) in [5, 5.41) is 12.1. The largest absolute Gasteiger partial charge is 0.481 e. The van der Waals surface area contributed by atoms with E-state index in [4.69, 9.17) is 0 Å². The van der Waals surface area contributed by atoms with E-state index in [2.05, 4.69) is 12.2 Å². The zero-order valence-electron chi connectivity index (χ0n) is 13.2. The van der Waals surface area contributed by atoms with E-state index in [0.717, 1.165) is 17.5 Å². The van der Waals surface area contributed by atoms with Gasteiger partial charge in [-0.3, -0.25) is 9.59 Å². The average molecular weight is 311 g/mol. The molecule has 0 aromatic heterocycles. The molecule has 1 atom stereocenters. The fraction of sp³-hybridized carbons (Fsp3) is 0.263. The Morgan fingerprint density at radius 2 is 1.65 bits per heavy atom. The van der Waals surface area contributed by atoms with Gasteiger partial charge in [-0.15, -0.1) is 0 Å². The van der Waals surface area contributed by atoms with E-state index >= 15 is 0 Å². The highest BCUT2D eigenvalue weighted by atomic mass is 16.4. The van der Waals surface area contributed by atoms with E-state index < -0.39 is 11.9 Å². The standard InChI is InChI=1S/C19H21NO3/c1-2-14-8-10-16(11-9-14)18(21)20-13-17(19(22)23)12-15-6-4-3-5-7-15/h3-11,17H,2,12-13H2,1H3,(H,20,21)(H,22,23). The van der Waals surface area contributed by atoms with Gasteiger partial charge < -0.3 is 10.4 Å². The van der Waals surface area contributed by atoms with Crippen LogP contribution in [0.25, 0.3) is 0 Å². The third-order valence-electron chi connectivity index (χ3n) is 3.81. The third-order valence-corrected chi connectivity index (χ3v) is 3.81. The third kappa shape index (κ3) is 4.95. The van der Waals surface area contributed by atoms with Crippen LogP contribution in [0.3, 0.4) is 0 Å². The minimum atomic E-state index is -0.907. The van der Waals surface area contributed by atoms with Crippen molar-refractivity contribution in [3.05, 3.63) is 71.3 Å². The Bertz CT molecular complexity index is 650. The first-order chi connectivity index (χ1) is 11.1. The molecule has 0 aliphatic heterocycles. The van der Waals surface area contributed by atoms with Crippen molar-refractivity contribution in [3.8, 4) is 0 Å². The molecule has 0 bridgehead atoms. The normalized spacial score (nSPS) is 11.7. The molecule has 120 valence electrons. The molecule has 2 N–H and O–H groups in total. The minimum absolute atomic E-state index is 0.110. The van der Waals surface area contributed by atoms with Crippen LogP contribution in [0.4, 0.5) is 0 Å². The summed E-state index contributed by atoms with van der Waals surface area (Å²) in [7, 11) is 0. The number of carboxylic acid groups (broad SMARTS) is 1. The van der Waals surface area contributed by atoms with Gasteiger partial charge in [-0.2, -0.15) is 0 Å². The Morgan fingerprint density at radius 1 is 1.00 bits per heavy atom. The summed E-state index contributed by atoms with van der Waals surface area (Å²) in [6.07, 6.45) is 1.31. The topological polar surface area (TPSA) is 66.4 Å². The van der Waals surface area contributed by atoms with Crippen molar-refractivity contribution in [2.45, 2.75) is 19.8 Å². The maximum Gasteiger partial charge on any atom is 0.308 e. The van der Waals surface area contributed by atoms with Crippen molar-refractivity contribution >= 4 is 11.9 Å². The van der Waals surface area contributed by atoms with E-state index in [1.165, 1.54) is 0 Å². The summed E-state index contributed by atoms with van der Waals surface area (Å²) < 4.78 is 0. The Kier molecular flexibility index (Phi) is 5.92. The molecule has 2 aromatic rings. The SMILES string of the molecule is CCc1ccc(C(=O)NCC(Cc2ccccc2)C(=O)O)cc1. The molecular weight excluding hydrogens is 290 g/mol.